The van der Waals surface area contributed by atoms with E-state index in [9.17, 15) is 34.5 Å². The van der Waals surface area contributed by atoms with Gasteiger partial charge in [-0.1, -0.05) is 12.1 Å². The number of benzene rings is 1. The number of carboxylic acids is 1. The number of hydrogen-bond acceptors (Lipinski definition) is 8. The van der Waals surface area contributed by atoms with Gasteiger partial charge in [-0.15, -0.1) is 0 Å². The Labute approximate surface area is 172 Å². The van der Waals surface area contributed by atoms with E-state index in [-0.39, 0.29) is 17.9 Å². The predicted octanol–water partition coefficient (Wildman–Crippen LogP) is -2.65. The van der Waals surface area contributed by atoms with E-state index < -0.39 is 55.0 Å². The second-order valence-corrected chi connectivity index (χ2v) is 6.44. The van der Waals surface area contributed by atoms with E-state index in [2.05, 4.69) is 28.6 Å². The zero-order chi connectivity index (χ0) is 22.0. The second kappa shape index (κ2) is 11.9. The van der Waals surface area contributed by atoms with Gasteiger partial charge in [0.2, 0.25) is 17.7 Å². The maximum absolute atomic E-state index is 12.3. The number of nitrogens with two attached hydrogens (primary N) is 1. The third-order valence-corrected chi connectivity index (χ3v) is 4.18. The summed E-state index contributed by atoms with van der Waals surface area (Å²) < 4.78 is 0. The number of amides is 3. The Bertz CT molecular complexity index is 729. The topological polar surface area (TPSA) is 191 Å². The number of thiol groups is 1. The summed E-state index contributed by atoms with van der Waals surface area (Å²) in [6, 6.07) is 2.11. The van der Waals surface area contributed by atoms with E-state index in [0.717, 1.165) is 0 Å². The average molecular weight is 428 g/mol. The van der Waals surface area contributed by atoms with Gasteiger partial charge in [-0.3, -0.25) is 14.4 Å². The fraction of sp³-hybridized carbons (Fsp3) is 0.412. The van der Waals surface area contributed by atoms with Crippen molar-refractivity contribution in [3.63, 3.8) is 0 Å². The molecule has 1 rings (SSSR count). The van der Waals surface area contributed by atoms with E-state index in [1.54, 1.807) is 0 Å². The Morgan fingerprint density at radius 3 is 2.17 bits per heavy atom. The van der Waals surface area contributed by atoms with Crippen LogP contribution in [0, 0.1) is 0 Å². The van der Waals surface area contributed by atoms with Gasteiger partial charge in [0.15, 0.2) is 0 Å². The number of nitrogens with one attached hydrogen (secondary N) is 3. The minimum absolute atomic E-state index is 0.00938. The Morgan fingerprint density at radius 1 is 1.03 bits per heavy atom. The quantitative estimate of drug-likeness (QED) is 0.175. The van der Waals surface area contributed by atoms with Crippen LogP contribution in [-0.2, 0) is 25.6 Å². The van der Waals surface area contributed by atoms with E-state index in [1.807, 2.05) is 0 Å². The number of hydrogen-bond donors (Lipinski definition) is 8. The zero-order valence-corrected chi connectivity index (χ0v) is 16.3. The number of carbonyl (C=O) groups is 4. The highest BCUT2D eigenvalue weighted by atomic mass is 32.1. The Hall–Kier alpha value is -2.83. The first-order valence-corrected chi connectivity index (χ1v) is 9.16. The molecule has 0 radical (unpaired) electrons. The lowest BCUT2D eigenvalue weighted by Gasteiger charge is -2.20. The second-order valence-electron chi connectivity index (χ2n) is 6.08. The van der Waals surface area contributed by atoms with Crippen LogP contribution in [0.1, 0.15) is 5.56 Å². The Kier molecular flexibility index (Phi) is 9.92. The molecule has 160 valence electrons. The van der Waals surface area contributed by atoms with E-state index in [1.165, 1.54) is 24.3 Å². The lowest BCUT2D eigenvalue weighted by molar-refractivity contribution is -0.142. The molecule has 0 aliphatic heterocycles. The molecule has 1 aromatic carbocycles. The molecule has 0 heterocycles. The summed E-state index contributed by atoms with van der Waals surface area (Å²) in [5, 5.41) is 34.6. The Morgan fingerprint density at radius 2 is 1.66 bits per heavy atom. The first-order valence-electron chi connectivity index (χ1n) is 8.53. The number of rotatable bonds is 11. The van der Waals surface area contributed by atoms with Crippen molar-refractivity contribution < 1.29 is 34.5 Å². The van der Waals surface area contributed by atoms with Gasteiger partial charge in [0, 0.05) is 12.2 Å². The van der Waals surface area contributed by atoms with Crippen LogP contribution < -0.4 is 21.7 Å². The number of aliphatic hydroxyl groups excluding tert-OH is 1. The molecule has 3 atom stereocenters. The molecule has 1 aromatic rings. The number of phenols is 1. The van der Waals surface area contributed by atoms with E-state index in [4.69, 9.17) is 5.73 Å². The number of carboxylic acid groups (broad SMARTS) is 1. The van der Waals surface area contributed by atoms with Crippen molar-refractivity contribution in [2.24, 2.45) is 5.73 Å². The van der Waals surface area contributed by atoms with Crippen molar-refractivity contribution >= 4 is 36.3 Å². The minimum Gasteiger partial charge on any atom is -0.508 e. The molecular weight excluding hydrogens is 404 g/mol. The van der Waals surface area contributed by atoms with Crippen molar-refractivity contribution in [3.05, 3.63) is 29.8 Å². The molecule has 3 amide bonds. The molecule has 3 unspecified atom stereocenters. The van der Waals surface area contributed by atoms with Crippen LogP contribution in [0.2, 0.25) is 0 Å². The SMILES string of the molecule is NC(CS)C(=O)NCC(=O)NC(CO)C(=O)NC(Cc1ccc(O)cc1)C(=O)O. The summed E-state index contributed by atoms with van der Waals surface area (Å²) in [7, 11) is 0. The lowest BCUT2D eigenvalue weighted by Crippen LogP contribution is -2.55. The van der Waals surface area contributed by atoms with E-state index in [0.29, 0.717) is 5.56 Å². The van der Waals surface area contributed by atoms with Crippen molar-refractivity contribution in [1.82, 2.24) is 16.0 Å². The molecule has 0 aliphatic carbocycles. The van der Waals surface area contributed by atoms with Gasteiger partial charge in [-0.2, -0.15) is 12.6 Å². The minimum atomic E-state index is -1.42. The van der Waals surface area contributed by atoms with E-state index >= 15 is 0 Å². The van der Waals surface area contributed by atoms with Crippen LogP contribution in [-0.4, -0.2) is 76.0 Å². The van der Waals surface area contributed by atoms with Crippen LogP contribution in [0.25, 0.3) is 0 Å². The number of carbonyl (C=O) groups excluding carboxylic acids is 3. The van der Waals surface area contributed by atoms with Crippen molar-refractivity contribution in [2.75, 3.05) is 18.9 Å². The molecule has 0 aromatic heterocycles. The first kappa shape index (κ1) is 24.2. The van der Waals surface area contributed by atoms with Gasteiger partial charge in [0.25, 0.3) is 0 Å². The normalized spacial score (nSPS) is 13.6. The first-order chi connectivity index (χ1) is 13.7. The highest BCUT2D eigenvalue weighted by Gasteiger charge is 2.26. The van der Waals surface area contributed by atoms with Gasteiger partial charge >= 0.3 is 5.97 Å². The molecule has 0 aliphatic rings. The maximum atomic E-state index is 12.3. The molecule has 8 N–H and O–H groups in total. The number of aliphatic carboxylic acids is 1. The molecule has 0 fully saturated rings. The van der Waals surface area contributed by atoms with Crippen molar-refractivity contribution in [2.45, 2.75) is 24.5 Å². The smallest absolute Gasteiger partial charge is 0.326 e. The third-order valence-electron chi connectivity index (χ3n) is 3.78. The molecular formula is C17H24N4O7S. The summed E-state index contributed by atoms with van der Waals surface area (Å²) in [5.41, 5.74) is 5.98. The average Bonchev–Trinajstić information content (AvgIpc) is 2.70. The van der Waals surface area contributed by atoms with Crippen LogP contribution >= 0.6 is 12.6 Å². The van der Waals surface area contributed by atoms with Crippen LogP contribution in [0.5, 0.6) is 5.75 Å². The summed E-state index contributed by atoms with van der Waals surface area (Å²) in [6.45, 7) is -1.27. The van der Waals surface area contributed by atoms with Crippen LogP contribution in [0.3, 0.4) is 0 Å². The third kappa shape index (κ3) is 8.37. The van der Waals surface area contributed by atoms with Gasteiger partial charge in [-0.25, -0.2) is 4.79 Å². The fourth-order valence-corrected chi connectivity index (χ4v) is 2.33. The largest absolute Gasteiger partial charge is 0.508 e. The standard InChI is InChI=1S/C17H24N4O7S/c18-11(8-29)15(25)19-6-14(24)20-13(7-22)16(26)21-12(17(27)28)5-9-1-3-10(23)4-2-9/h1-4,11-13,22-23,29H,5-8,18H2,(H,19,25)(H,20,24)(H,21,26)(H,27,28). The molecule has 0 saturated heterocycles. The lowest BCUT2D eigenvalue weighted by atomic mass is 10.1. The zero-order valence-electron chi connectivity index (χ0n) is 15.4. The number of aliphatic hydroxyl groups is 1. The van der Waals surface area contributed by atoms with Gasteiger partial charge < -0.3 is 37.0 Å². The van der Waals surface area contributed by atoms with Crippen LogP contribution in [0.15, 0.2) is 24.3 Å². The maximum Gasteiger partial charge on any atom is 0.326 e. The Balaban J connectivity index is 2.64. The summed E-state index contributed by atoms with van der Waals surface area (Å²) >= 11 is 3.85. The molecule has 12 heteroatoms. The monoisotopic (exact) mass is 428 g/mol. The predicted molar refractivity (Wildman–Crippen MR) is 105 cm³/mol. The molecule has 0 bridgehead atoms. The molecule has 29 heavy (non-hydrogen) atoms. The summed E-state index contributed by atoms with van der Waals surface area (Å²) in [4.78, 5) is 47.1. The number of phenolic OH excluding ortho intramolecular Hbond substituents is 1. The van der Waals surface area contributed by atoms with Crippen molar-refractivity contribution in [3.8, 4) is 5.75 Å². The fourth-order valence-electron chi connectivity index (χ4n) is 2.16. The van der Waals surface area contributed by atoms with Gasteiger partial charge in [0.05, 0.1) is 19.2 Å². The van der Waals surface area contributed by atoms with Gasteiger partial charge in [0.1, 0.15) is 17.8 Å². The molecule has 0 saturated carbocycles. The highest BCUT2D eigenvalue weighted by molar-refractivity contribution is 7.80. The molecule has 11 nitrogen and oxygen atoms in total. The highest BCUT2D eigenvalue weighted by Crippen LogP contribution is 2.11. The van der Waals surface area contributed by atoms with Gasteiger partial charge in [-0.05, 0) is 17.7 Å². The van der Waals surface area contributed by atoms with Crippen molar-refractivity contribution in [1.29, 1.82) is 0 Å². The molecule has 0 spiro atoms. The summed E-state index contributed by atoms with van der Waals surface area (Å²) in [6.07, 6.45) is -0.0783. The number of aromatic hydroxyl groups is 1. The summed E-state index contributed by atoms with van der Waals surface area (Å²) in [5.74, 6) is -3.53. The van der Waals surface area contributed by atoms with Crippen LogP contribution in [0.4, 0.5) is 0 Å².